The zero-order valence-corrected chi connectivity index (χ0v) is 14.9. The highest BCUT2D eigenvalue weighted by molar-refractivity contribution is 5.56. The van der Waals surface area contributed by atoms with E-state index in [0.717, 1.165) is 34.1 Å². The summed E-state index contributed by atoms with van der Waals surface area (Å²) in [4.78, 5) is 4.62. The standard InChI is InChI=1S/C17H24N6/c1-9-8-15(23-17(18-9)10(2)11(3)21-23)19-12(4)16-13(5)20-22(7)14(16)6/h8,12,19H,1-7H3. The van der Waals surface area contributed by atoms with Crippen LogP contribution in [0.4, 0.5) is 5.82 Å². The van der Waals surface area contributed by atoms with Crippen LogP contribution in [0.25, 0.3) is 5.65 Å². The predicted octanol–water partition coefficient (Wildman–Crippen LogP) is 3.18. The van der Waals surface area contributed by atoms with Gasteiger partial charge in [0, 0.05) is 35.6 Å². The van der Waals surface area contributed by atoms with E-state index in [0.29, 0.717) is 0 Å². The van der Waals surface area contributed by atoms with E-state index in [1.807, 2.05) is 36.2 Å². The van der Waals surface area contributed by atoms with Crippen molar-refractivity contribution in [2.75, 3.05) is 5.32 Å². The fourth-order valence-electron chi connectivity index (χ4n) is 3.16. The van der Waals surface area contributed by atoms with E-state index in [4.69, 9.17) is 0 Å². The molecule has 3 heterocycles. The van der Waals surface area contributed by atoms with Crippen molar-refractivity contribution in [3.8, 4) is 0 Å². The van der Waals surface area contributed by atoms with Gasteiger partial charge in [0.1, 0.15) is 5.82 Å². The third-order valence-corrected chi connectivity index (χ3v) is 4.55. The van der Waals surface area contributed by atoms with Crippen LogP contribution in [-0.4, -0.2) is 24.4 Å². The van der Waals surface area contributed by atoms with Crippen LogP contribution in [0.2, 0.25) is 0 Å². The van der Waals surface area contributed by atoms with E-state index in [9.17, 15) is 0 Å². The normalized spacial score (nSPS) is 12.8. The number of nitrogens with one attached hydrogen (secondary N) is 1. The summed E-state index contributed by atoms with van der Waals surface area (Å²) in [7, 11) is 1.98. The minimum atomic E-state index is 0.138. The monoisotopic (exact) mass is 312 g/mol. The van der Waals surface area contributed by atoms with Gasteiger partial charge in [-0.15, -0.1) is 0 Å². The summed E-state index contributed by atoms with van der Waals surface area (Å²) in [6.07, 6.45) is 0. The number of hydrogen-bond donors (Lipinski definition) is 1. The molecule has 0 saturated carbocycles. The van der Waals surface area contributed by atoms with Crippen LogP contribution in [-0.2, 0) is 7.05 Å². The van der Waals surface area contributed by atoms with E-state index < -0.39 is 0 Å². The Labute approximate surface area is 136 Å². The summed E-state index contributed by atoms with van der Waals surface area (Å²) in [5, 5.41) is 12.7. The first-order chi connectivity index (χ1) is 10.8. The lowest BCUT2D eigenvalue weighted by Gasteiger charge is -2.17. The summed E-state index contributed by atoms with van der Waals surface area (Å²) < 4.78 is 3.83. The third-order valence-electron chi connectivity index (χ3n) is 4.55. The Morgan fingerprint density at radius 3 is 2.35 bits per heavy atom. The summed E-state index contributed by atoms with van der Waals surface area (Å²) in [5.74, 6) is 0.957. The maximum Gasteiger partial charge on any atom is 0.160 e. The first-order valence-electron chi connectivity index (χ1n) is 7.89. The van der Waals surface area contributed by atoms with Crippen LogP contribution >= 0.6 is 0 Å². The van der Waals surface area contributed by atoms with Gasteiger partial charge in [-0.25, -0.2) is 4.98 Å². The van der Waals surface area contributed by atoms with Gasteiger partial charge >= 0.3 is 0 Å². The minimum Gasteiger partial charge on any atom is -0.363 e. The molecular formula is C17H24N6. The van der Waals surface area contributed by atoms with E-state index in [-0.39, 0.29) is 6.04 Å². The number of anilines is 1. The highest BCUT2D eigenvalue weighted by Gasteiger charge is 2.18. The molecule has 122 valence electrons. The largest absolute Gasteiger partial charge is 0.363 e. The molecule has 23 heavy (non-hydrogen) atoms. The molecule has 0 saturated heterocycles. The Hall–Kier alpha value is -2.37. The number of aryl methyl sites for hydroxylation is 5. The zero-order chi connectivity index (χ0) is 16.9. The lowest BCUT2D eigenvalue weighted by atomic mass is 10.1. The second kappa shape index (κ2) is 5.37. The minimum absolute atomic E-state index is 0.138. The molecule has 3 aromatic heterocycles. The number of nitrogens with zero attached hydrogens (tertiary/aromatic N) is 5. The van der Waals surface area contributed by atoms with Gasteiger partial charge in [-0.05, 0) is 41.5 Å². The van der Waals surface area contributed by atoms with E-state index in [1.165, 1.54) is 11.3 Å². The summed E-state index contributed by atoms with van der Waals surface area (Å²) in [6.45, 7) is 12.4. The molecule has 0 aromatic carbocycles. The maximum atomic E-state index is 4.62. The molecule has 0 fully saturated rings. The molecule has 0 spiro atoms. The molecule has 1 N–H and O–H groups in total. The van der Waals surface area contributed by atoms with Crippen LogP contribution in [0.1, 0.15) is 46.9 Å². The van der Waals surface area contributed by atoms with Gasteiger partial charge in [0.25, 0.3) is 0 Å². The Bertz CT molecular complexity index is 886. The highest BCUT2D eigenvalue weighted by atomic mass is 15.3. The van der Waals surface area contributed by atoms with Gasteiger partial charge in [-0.3, -0.25) is 4.68 Å². The van der Waals surface area contributed by atoms with Crippen molar-refractivity contribution in [1.82, 2.24) is 24.4 Å². The lowest BCUT2D eigenvalue weighted by molar-refractivity contribution is 0.728. The van der Waals surface area contributed by atoms with Gasteiger partial charge in [0.15, 0.2) is 5.65 Å². The number of hydrogen-bond acceptors (Lipinski definition) is 4. The number of fused-ring (bicyclic) bond motifs is 1. The van der Waals surface area contributed by atoms with Crippen LogP contribution in [0.3, 0.4) is 0 Å². The second-order valence-electron chi connectivity index (χ2n) is 6.30. The molecule has 1 atom stereocenters. The quantitative estimate of drug-likeness (QED) is 0.807. The number of rotatable bonds is 3. The maximum absolute atomic E-state index is 4.62. The van der Waals surface area contributed by atoms with Crippen LogP contribution in [0.15, 0.2) is 6.07 Å². The summed E-state index contributed by atoms with van der Waals surface area (Å²) >= 11 is 0. The fourth-order valence-corrected chi connectivity index (χ4v) is 3.16. The van der Waals surface area contributed by atoms with Crippen molar-refractivity contribution in [1.29, 1.82) is 0 Å². The van der Waals surface area contributed by atoms with Crippen LogP contribution in [0, 0.1) is 34.6 Å². The molecule has 1 unspecified atom stereocenters. The first kappa shape index (κ1) is 15.5. The number of aromatic nitrogens is 5. The molecule has 3 rings (SSSR count). The van der Waals surface area contributed by atoms with Gasteiger partial charge in [0.2, 0.25) is 0 Å². The molecule has 0 aliphatic heterocycles. The van der Waals surface area contributed by atoms with Gasteiger partial charge < -0.3 is 5.32 Å². The molecule has 3 aromatic rings. The molecule has 0 bridgehead atoms. The Balaban J connectivity index is 2.06. The first-order valence-corrected chi connectivity index (χ1v) is 7.89. The van der Waals surface area contributed by atoms with Crippen molar-refractivity contribution in [2.45, 2.75) is 47.6 Å². The Morgan fingerprint density at radius 1 is 1.04 bits per heavy atom. The third kappa shape index (κ3) is 2.48. The second-order valence-corrected chi connectivity index (χ2v) is 6.30. The molecule has 0 amide bonds. The molecule has 0 aliphatic rings. The van der Waals surface area contributed by atoms with Gasteiger partial charge in [0.05, 0.1) is 17.4 Å². The molecular weight excluding hydrogens is 288 g/mol. The van der Waals surface area contributed by atoms with Crippen molar-refractivity contribution in [3.63, 3.8) is 0 Å². The van der Waals surface area contributed by atoms with Crippen molar-refractivity contribution < 1.29 is 0 Å². The van der Waals surface area contributed by atoms with E-state index in [2.05, 4.69) is 48.2 Å². The average Bonchev–Trinajstić information content (AvgIpc) is 2.89. The topological polar surface area (TPSA) is 60.0 Å². The zero-order valence-electron chi connectivity index (χ0n) is 14.9. The average molecular weight is 312 g/mol. The van der Waals surface area contributed by atoms with Crippen LogP contribution < -0.4 is 5.32 Å². The highest BCUT2D eigenvalue weighted by Crippen LogP contribution is 2.26. The van der Waals surface area contributed by atoms with E-state index >= 15 is 0 Å². The van der Waals surface area contributed by atoms with E-state index in [1.54, 1.807) is 0 Å². The Morgan fingerprint density at radius 2 is 1.74 bits per heavy atom. The van der Waals surface area contributed by atoms with Gasteiger partial charge in [-0.1, -0.05) is 0 Å². The summed E-state index contributed by atoms with van der Waals surface area (Å²) in [6, 6.07) is 2.18. The van der Waals surface area contributed by atoms with Crippen LogP contribution in [0.5, 0.6) is 0 Å². The van der Waals surface area contributed by atoms with Crippen molar-refractivity contribution in [2.24, 2.45) is 7.05 Å². The molecule has 0 radical (unpaired) electrons. The predicted molar refractivity (Wildman–Crippen MR) is 91.9 cm³/mol. The fraction of sp³-hybridized carbons (Fsp3) is 0.471. The molecule has 0 aliphatic carbocycles. The Kier molecular flexibility index (Phi) is 3.62. The van der Waals surface area contributed by atoms with Crippen molar-refractivity contribution >= 4 is 11.5 Å². The van der Waals surface area contributed by atoms with Gasteiger partial charge in [-0.2, -0.15) is 14.7 Å². The smallest absolute Gasteiger partial charge is 0.160 e. The summed E-state index contributed by atoms with van der Waals surface area (Å²) in [5.41, 5.74) is 7.49. The molecule has 6 nitrogen and oxygen atoms in total. The lowest BCUT2D eigenvalue weighted by Crippen LogP contribution is -2.13. The molecule has 6 heteroatoms. The SMILES string of the molecule is Cc1cc(NC(C)c2c(C)nn(C)c2C)n2nc(C)c(C)c2n1. The van der Waals surface area contributed by atoms with Crippen molar-refractivity contribution in [3.05, 3.63) is 40.0 Å².